The van der Waals surface area contributed by atoms with E-state index in [-0.39, 0.29) is 15.7 Å². The number of pyridine rings is 1. The van der Waals surface area contributed by atoms with Gasteiger partial charge in [0.1, 0.15) is 21.6 Å². The van der Waals surface area contributed by atoms with Gasteiger partial charge in [-0.2, -0.15) is 4.39 Å². The van der Waals surface area contributed by atoms with E-state index in [1.807, 2.05) is 4.90 Å². The first-order valence-electron chi connectivity index (χ1n) is 10.7. The monoisotopic (exact) mass is 468 g/mol. The first-order chi connectivity index (χ1) is 15.0. The molecule has 0 bridgehead atoms. The van der Waals surface area contributed by atoms with Gasteiger partial charge in [-0.3, -0.25) is 4.90 Å². The molecule has 3 saturated heterocycles. The minimum absolute atomic E-state index is 0.0796. The van der Waals surface area contributed by atoms with Gasteiger partial charge in [-0.1, -0.05) is 17.7 Å². The Morgan fingerprint density at radius 3 is 2.81 bits per heavy atom. The van der Waals surface area contributed by atoms with Crippen molar-refractivity contribution in [1.29, 1.82) is 0 Å². The van der Waals surface area contributed by atoms with Crippen LogP contribution in [0.4, 0.5) is 24.7 Å². The third-order valence-corrected chi connectivity index (χ3v) is 8.07. The second-order valence-electron chi connectivity index (χ2n) is 8.56. The number of rotatable bonds is 5. The quantitative estimate of drug-likeness (QED) is 0.344. The van der Waals surface area contributed by atoms with Crippen LogP contribution in [0.3, 0.4) is 0 Å². The first kappa shape index (κ1) is 21.2. The molecule has 4 nitrogen and oxygen atoms in total. The highest BCUT2D eigenvalue weighted by Crippen LogP contribution is 2.42. The number of aromatic nitrogens is 1. The maximum Gasteiger partial charge on any atom is 0.214 e. The molecule has 3 aliphatic rings. The van der Waals surface area contributed by atoms with E-state index in [1.165, 1.54) is 56.5 Å². The molecule has 166 valence electrons. The fourth-order valence-electron chi connectivity index (χ4n) is 5.42. The Morgan fingerprint density at radius 2 is 1.97 bits per heavy atom. The Balaban J connectivity index is 1.30. The van der Waals surface area contributed by atoms with Crippen LogP contribution in [0.2, 0.25) is 5.02 Å². The normalized spacial score (nSPS) is 25.9. The second-order valence-corrected chi connectivity index (χ2v) is 9.75. The minimum atomic E-state index is -0.811. The van der Waals surface area contributed by atoms with Gasteiger partial charge in [-0.15, -0.1) is 0 Å². The summed E-state index contributed by atoms with van der Waals surface area (Å²) in [7, 11) is 0. The third-order valence-electron chi connectivity index (χ3n) is 6.82. The van der Waals surface area contributed by atoms with Crippen LogP contribution in [0.15, 0.2) is 29.2 Å². The van der Waals surface area contributed by atoms with E-state index in [0.29, 0.717) is 29.6 Å². The van der Waals surface area contributed by atoms with Gasteiger partial charge < -0.3 is 9.62 Å². The van der Waals surface area contributed by atoms with Crippen molar-refractivity contribution in [1.82, 2.24) is 9.88 Å². The van der Waals surface area contributed by atoms with Crippen molar-refractivity contribution in [3.63, 3.8) is 0 Å². The summed E-state index contributed by atoms with van der Waals surface area (Å²) < 4.78 is 45.7. The van der Waals surface area contributed by atoms with E-state index in [9.17, 15) is 13.2 Å². The number of benzene rings is 1. The zero-order valence-electron chi connectivity index (χ0n) is 17.0. The van der Waals surface area contributed by atoms with Crippen LogP contribution in [-0.4, -0.2) is 41.6 Å². The average molecular weight is 469 g/mol. The molecule has 0 radical (unpaired) electrons. The van der Waals surface area contributed by atoms with Crippen molar-refractivity contribution in [2.45, 2.75) is 49.1 Å². The highest BCUT2D eigenvalue weighted by molar-refractivity contribution is 8.00. The maximum atomic E-state index is 15.0. The van der Waals surface area contributed by atoms with Gasteiger partial charge in [0.05, 0.1) is 5.69 Å². The summed E-state index contributed by atoms with van der Waals surface area (Å²) >= 11 is 7.04. The van der Waals surface area contributed by atoms with Gasteiger partial charge in [0.2, 0.25) is 5.95 Å². The van der Waals surface area contributed by atoms with Gasteiger partial charge in [0, 0.05) is 31.2 Å². The van der Waals surface area contributed by atoms with Crippen LogP contribution in [-0.2, 0) is 0 Å². The fraction of sp³-hybridized carbons (Fsp3) is 0.500. The molecule has 1 aromatic heterocycles. The van der Waals surface area contributed by atoms with Crippen molar-refractivity contribution in [3.05, 3.63) is 46.9 Å². The number of hydrogen-bond donors (Lipinski definition) is 1. The standard InChI is InChI=1S/C22H24ClF3N4S/c23-20-17(29-10-8-13(12-29)16-7-6-14-3-2-9-30(14)16)11-15(24)22(21(20)26)31-28-19-5-1-4-18(25)27-19/h1,4-5,11,13-14,16H,2-3,6-10,12H2,(H,27,28). The molecule has 31 heavy (non-hydrogen) atoms. The summed E-state index contributed by atoms with van der Waals surface area (Å²) in [6.45, 7) is 2.69. The molecule has 0 saturated carbocycles. The van der Waals surface area contributed by atoms with Crippen LogP contribution >= 0.6 is 23.5 Å². The zero-order valence-corrected chi connectivity index (χ0v) is 18.5. The van der Waals surface area contributed by atoms with Gasteiger partial charge in [-0.25, -0.2) is 13.8 Å². The van der Waals surface area contributed by atoms with Crippen LogP contribution in [0, 0.1) is 23.5 Å². The summed E-state index contributed by atoms with van der Waals surface area (Å²) in [4.78, 5) is 8.04. The molecular formula is C22H24ClF3N4S. The van der Waals surface area contributed by atoms with Crippen LogP contribution < -0.4 is 9.62 Å². The molecule has 0 spiro atoms. The van der Waals surface area contributed by atoms with Crippen molar-refractivity contribution in [2.75, 3.05) is 29.3 Å². The highest BCUT2D eigenvalue weighted by atomic mass is 35.5. The summed E-state index contributed by atoms with van der Waals surface area (Å²) in [6.07, 6.45) is 6.07. The number of halogens is 4. The maximum absolute atomic E-state index is 15.0. The molecule has 4 heterocycles. The van der Waals surface area contributed by atoms with Crippen LogP contribution in [0.5, 0.6) is 0 Å². The van der Waals surface area contributed by atoms with E-state index >= 15 is 0 Å². The van der Waals surface area contributed by atoms with E-state index in [4.69, 9.17) is 11.6 Å². The molecule has 3 fully saturated rings. The molecule has 5 rings (SSSR count). The Hall–Kier alpha value is -1.64. The summed E-state index contributed by atoms with van der Waals surface area (Å²) in [5.41, 5.74) is 0.406. The van der Waals surface area contributed by atoms with Crippen LogP contribution in [0.25, 0.3) is 0 Å². The third kappa shape index (κ3) is 4.10. The lowest BCUT2D eigenvalue weighted by Crippen LogP contribution is -2.38. The molecule has 3 unspecified atom stereocenters. The summed E-state index contributed by atoms with van der Waals surface area (Å²) in [5, 5.41) is -0.0796. The number of nitrogens with zero attached hydrogens (tertiary/aromatic N) is 3. The first-order valence-corrected chi connectivity index (χ1v) is 11.9. The lowest BCUT2D eigenvalue weighted by Gasteiger charge is -2.29. The number of hydrogen-bond acceptors (Lipinski definition) is 5. The zero-order chi connectivity index (χ0) is 21.5. The van der Waals surface area contributed by atoms with Gasteiger partial charge in [-0.05, 0) is 68.6 Å². The predicted octanol–water partition coefficient (Wildman–Crippen LogP) is 5.72. The number of anilines is 2. The molecule has 9 heteroatoms. The topological polar surface area (TPSA) is 31.4 Å². The lowest BCUT2D eigenvalue weighted by molar-refractivity contribution is 0.193. The molecule has 3 atom stereocenters. The minimum Gasteiger partial charge on any atom is -0.370 e. The Morgan fingerprint density at radius 1 is 1.10 bits per heavy atom. The largest absolute Gasteiger partial charge is 0.370 e. The molecular weight excluding hydrogens is 445 g/mol. The SMILES string of the molecule is Fc1cccc(NSc2c(F)cc(N3CCC(C4CCC5CCCN54)C3)c(Cl)c2F)n1. The second kappa shape index (κ2) is 8.71. The predicted molar refractivity (Wildman–Crippen MR) is 118 cm³/mol. The van der Waals surface area contributed by atoms with Gasteiger partial charge in [0.25, 0.3) is 0 Å². The lowest BCUT2D eigenvalue weighted by atomic mass is 9.96. The Bertz CT molecular complexity index is 978. The van der Waals surface area contributed by atoms with Crippen molar-refractivity contribution in [3.8, 4) is 0 Å². The molecule has 0 amide bonds. The number of fused-ring (bicyclic) bond motifs is 1. The molecule has 3 aliphatic heterocycles. The Labute approximate surface area is 189 Å². The van der Waals surface area contributed by atoms with Gasteiger partial charge in [0.15, 0.2) is 5.82 Å². The molecule has 2 aromatic rings. The van der Waals surface area contributed by atoms with Crippen molar-refractivity contribution in [2.24, 2.45) is 5.92 Å². The average Bonchev–Trinajstić information content (AvgIpc) is 3.47. The smallest absolute Gasteiger partial charge is 0.214 e. The number of nitrogens with one attached hydrogen (secondary N) is 1. The summed E-state index contributed by atoms with van der Waals surface area (Å²) in [5.74, 6) is -1.52. The fourth-order valence-corrected chi connectivity index (χ4v) is 6.41. The van der Waals surface area contributed by atoms with Crippen LogP contribution in [0.1, 0.15) is 32.1 Å². The van der Waals surface area contributed by atoms with E-state index in [0.717, 1.165) is 25.6 Å². The Kier molecular flexibility index (Phi) is 5.96. The molecule has 0 aliphatic carbocycles. The summed E-state index contributed by atoms with van der Waals surface area (Å²) in [6, 6.07) is 6.79. The van der Waals surface area contributed by atoms with Crippen molar-refractivity contribution < 1.29 is 13.2 Å². The van der Waals surface area contributed by atoms with E-state index in [1.54, 1.807) is 0 Å². The van der Waals surface area contributed by atoms with E-state index in [2.05, 4.69) is 14.6 Å². The van der Waals surface area contributed by atoms with E-state index < -0.39 is 17.6 Å². The molecule has 1 aromatic carbocycles. The van der Waals surface area contributed by atoms with Gasteiger partial charge >= 0.3 is 0 Å². The molecule has 1 N–H and O–H groups in total. The van der Waals surface area contributed by atoms with Crippen molar-refractivity contribution >= 4 is 35.1 Å². The highest BCUT2D eigenvalue weighted by Gasteiger charge is 2.42.